The van der Waals surface area contributed by atoms with Crippen LogP contribution >= 0.6 is 37.0 Å². The fraction of sp³-hybridized carbons (Fsp3) is 0.118. The molecule has 0 bridgehead atoms. The van der Waals surface area contributed by atoms with Crippen LogP contribution in [0.1, 0.15) is 0 Å². The minimum atomic E-state index is -1.66. The van der Waals surface area contributed by atoms with Gasteiger partial charge in [0.25, 0.3) is 0 Å². The first-order valence-electron chi connectivity index (χ1n) is 13.3. The van der Waals surface area contributed by atoms with Gasteiger partial charge in [-0.05, 0) is 0 Å². The Hall–Kier alpha value is -0.860. The van der Waals surface area contributed by atoms with Crippen LogP contribution in [0.5, 0.6) is 0 Å². The summed E-state index contributed by atoms with van der Waals surface area (Å²) in [6, 6.07) is 56.7. The molecule has 5 aromatic carbocycles. The second-order valence-corrected chi connectivity index (χ2v) is 28.9. The summed E-state index contributed by atoms with van der Waals surface area (Å²) in [6.45, 7) is 0. The molecule has 41 heavy (non-hydrogen) atoms. The molecule has 0 saturated carbocycles. The van der Waals surface area contributed by atoms with E-state index in [0.717, 1.165) is 0 Å². The molecule has 0 heterocycles. The average molecular weight is 832 g/mol. The van der Waals surface area contributed by atoms with Gasteiger partial charge in [-0.1, -0.05) is 0 Å². The van der Waals surface area contributed by atoms with Gasteiger partial charge in [0, 0.05) is 0 Å². The summed E-state index contributed by atoms with van der Waals surface area (Å²) in [5.41, 5.74) is 0. The van der Waals surface area contributed by atoms with Crippen LogP contribution < -0.4 is 22.7 Å². The SMILES string of the molecule is [Cl][Rh]([Cl])[Cl].c1ccc(P(CC[As](c2ccccc2)c2ccccc2)CC[As](c2ccccc2)c2ccccc2)cc1. The molecule has 0 N–H and O–H groups in total. The summed E-state index contributed by atoms with van der Waals surface area (Å²) in [5, 5.41) is 4.22. The van der Waals surface area contributed by atoms with Crippen LogP contribution in [0.4, 0.5) is 0 Å². The molecule has 0 amide bonds. The summed E-state index contributed by atoms with van der Waals surface area (Å²) >= 11 is -4.37. The van der Waals surface area contributed by atoms with Gasteiger partial charge in [-0.25, -0.2) is 0 Å². The predicted octanol–water partition coefficient (Wildman–Crippen LogP) is 7.48. The first-order chi connectivity index (χ1) is 20.1. The molecule has 0 spiro atoms. The first kappa shape index (κ1) is 33.0. The predicted molar refractivity (Wildman–Crippen MR) is 186 cm³/mol. The van der Waals surface area contributed by atoms with E-state index in [4.69, 9.17) is 29.1 Å². The molecule has 0 radical (unpaired) electrons. The molecule has 0 unspecified atom stereocenters. The van der Waals surface area contributed by atoms with Crippen LogP contribution in [0.25, 0.3) is 0 Å². The van der Waals surface area contributed by atoms with E-state index in [0.29, 0.717) is 0 Å². The Bertz CT molecular complexity index is 1210. The van der Waals surface area contributed by atoms with Crippen molar-refractivity contribution in [2.75, 3.05) is 12.3 Å². The Morgan fingerprint density at radius 3 is 0.927 bits per heavy atom. The van der Waals surface area contributed by atoms with Gasteiger partial charge in [-0.3, -0.25) is 0 Å². The zero-order chi connectivity index (χ0) is 28.7. The fourth-order valence-electron chi connectivity index (χ4n) is 4.70. The van der Waals surface area contributed by atoms with Gasteiger partial charge in [-0.15, -0.1) is 0 Å². The van der Waals surface area contributed by atoms with Gasteiger partial charge in [0.15, 0.2) is 0 Å². The Balaban J connectivity index is 0.000000909. The number of hydrogen-bond acceptors (Lipinski definition) is 0. The summed E-state index contributed by atoms with van der Waals surface area (Å²) in [7, 11) is 14.6. The van der Waals surface area contributed by atoms with E-state index in [1.165, 1.54) is 22.7 Å². The van der Waals surface area contributed by atoms with Crippen LogP contribution in [0.2, 0.25) is 10.4 Å². The minimum absolute atomic E-state index is 0.209. The molecule has 0 nitrogen and oxygen atoms in total. The van der Waals surface area contributed by atoms with Crippen LogP contribution in [0.15, 0.2) is 152 Å². The van der Waals surface area contributed by atoms with Crippen molar-refractivity contribution in [1.29, 1.82) is 0 Å². The molecule has 214 valence electrons. The van der Waals surface area contributed by atoms with E-state index in [1.54, 1.807) is 22.7 Å². The zero-order valence-corrected chi connectivity index (χ0v) is 31.1. The van der Waals surface area contributed by atoms with Gasteiger partial charge in [0.1, 0.15) is 0 Å². The van der Waals surface area contributed by atoms with Crippen LogP contribution in [0, 0.1) is 0 Å². The van der Waals surface area contributed by atoms with Crippen LogP contribution in [0.3, 0.4) is 0 Å². The fourth-order valence-corrected chi connectivity index (χ4v) is 20.4. The summed E-state index contributed by atoms with van der Waals surface area (Å²) in [5.74, 6) is 0. The Morgan fingerprint density at radius 1 is 0.415 bits per heavy atom. The molecule has 5 aromatic rings. The molecular weight excluding hydrogens is 798 g/mol. The summed E-state index contributed by atoms with van der Waals surface area (Å²) in [6.07, 6.45) is 2.63. The molecule has 0 aromatic heterocycles. The molecule has 0 fully saturated rings. The summed E-state index contributed by atoms with van der Waals surface area (Å²) < 4.78 is 6.30. The molecule has 7 heteroatoms. The molecule has 0 aliphatic rings. The van der Waals surface area contributed by atoms with Crippen molar-refractivity contribution in [1.82, 2.24) is 0 Å². The normalized spacial score (nSPS) is 11.3. The third-order valence-electron chi connectivity index (χ3n) is 6.58. The molecule has 0 aliphatic carbocycles. The van der Waals surface area contributed by atoms with Gasteiger partial charge >= 0.3 is 276 Å². The monoisotopic (exact) mass is 830 g/mol. The zero-order valence-electron chi connectivity index (χ0n) is 22.6. The van der Waals surface area contributed by atoms with Gasteiger partial charge in [0.05, 0.1) is 0 Å². The number of hydrogen-bond donors (Lipinski definition) is 0. The number of rotatable bonds is 11. The molecule has 0 aliphatic heterocycles. The molecule has 5 rings (SSSR count). The quantitative estimate of drug-likeness (QED) is 0.0958. The van der Waals surface area contributed by atoms with Gasteiger partial charge in [-0.2, -0.15) is 0 Å². The standard InChI is InChI=1S/C34H33As2P.3ClH.Rh/c1-6-16-30(17-7-1)35(31-18-8-2-9-19-31)26-28-37(34-24-14-5-15-25-34)29-27-36(32-20-10-3-11-21-32)33-22-12-4-13-23-33;;;;/h1-25H,26-29H2;3*1H;/q;;;;+3/p-3. The topological polar surface area (TPSA) is 0 Å². The van der Waals surface area contributed by atoms with Crippen molar-refractivity contribution in [3.63, 3.8) is 0 Å². The number of benzene rings is 5. The first-order valence-corrected chi connectivity index (χ1v) is 27.8. The van der Waals surface area contributed by atoms with E-state index < -0.39 is 42.3 Å². The Morgan fingerprint density at radius 2 is 0.659 bits per heavy atom. The van der Waals surface area contributed by atoms with E-state index in [9.17, 15) is 0 Å². The van der Waals surface area contributed by atoms with Crippen molar-refractivity contribution >= 4 is 89.0 Å². The molecule has 0 saturated heterocycles. The Labute approximate surface area is 273 Å². The van der Waals surface area contributed by atoms with E-state index in [2.05, 4.69) is 152 Å². The number of halogens is 3. The summed E-state index contributed by atoms with van der Waals surface area (Å²) in [4.78, 5) is 0. The Kier molecular flexibility index (Phi) is 15.1. The second kappa shape index (κ2) is 18.7. The molecule has 0 atom stereocenters. The van der Waals surface area contributed by atoms with Crippen molar-refractivity contribution < 1.29 is 13.0 Å². The van der Waals surface area contributed by atoms with Crippen molar-refractivity contribution in [2.24, 2.45) is 0 Å². The third-order valence-corrected chi connectivity index (χ3v) is 21.2. The van der Waals surface area contributed by atoms with Crippen molar-refractivity contribution in [3.05, 3.63) is 152 Å². The van der Waals surface area contributed by atoms with Gasteiger partial charge in [0.2, 0.25) is 0 Å². The maximum absolute atomic E-state index is 4.94. The van der Waals surface area contributed by atoms with E-state index in [1.807, 2.05) is 0 Å². The van der Waals surface area contributed by atoms with E-state index >= 15 is 0 Å². The third kappa shape index (κ3) is 11.3. The van der Waals surface area contributed by atoms with Crippen LogP contribution in [-0.4, -0.2) is 41.6 Å². The van der Waals surface area contributed by atoms with Crippen LogP contribution in [-0.2, 0) is 13.0 Å². The van der Waals surface area contributed by atoms with Gasteiger partial charge < -0.3 is 0 Å². The molecular formula is C34H33As2Cl3PRh. The van der Waals surface area contributed by atoms with Crippen molar-refractivity contribution in [3.8, 4) is 0 Å². The van der Waals surface area contributed by atoms with E-state index in [-0.39, 0.29) is 7.92 Å². The average Bonchev–Trinajstić information content (AvgIpc) is 3.02. The van der Waals surface area contributed by atoms with Crippen molar-refractivity contribution in [2.45, 2.75) is 10.4 Å². The second-order valence-electron chi connectivity index (χ2n) is 9.11. The maximum atomic E-state index is 4.94.